The lowest BCUT2D eigenvalue weighted by Gasteiger charge is -2.22. The lowest BCUT2D eigenvalue weighted by molar-refractivity contribution is -0.118. The van der Waals surface area contributed by atoms with E-state index < -0.39 is 0 Å². The fourth-order valence-electron chi connectivity index (χ4n) is 3.50. The number of hydrogen-bond acceptors (Lipinski definition) is 4. The van der Waals surface area contributed by atoms with E-state index in [9.17, 15) is 4.79 Å². The molecule has 0 radical (unpaired) electrons. The highest BCUT2D eigenvalue weighted by Gasteiger charge is 2.20. The minimum Gasteiger partial charge on any atom is -0.369 e. The number of nitrogens with zero attached hydrogens (tertiary/aromatic N) is 2. The fourth-order valence-corrected chi connectivity index (χ4v) is 3.50. The number of hydrogen-bond donors (Lipinski definition) is 1. The van der Waals surface area contributed by atoms with Crippen LogP contribution in [0.3, 0.4) is 0 Å². The normalized spacial score (nSPS) is 16.8. The largest absolute Gasteiger partial charge is 0.369 e. The van der Waals surface area contributed by atoms with Gasteiger partial charge in [-0.1, -0.05) is 42.5 Å². The first-order chi connectivity index (χ1) is 13.7. The summed E-state index contributed by atoms with van der Waals surface area (Å²) in [4.78, 5) is 16.6. The van der Waals surface area contributed by atoms with Gasteiger partial charge in [-0.3, -0.25) is 4.79 Å². The number of carbonyl (C=O) groups is 1. The Morgan fingerprint density at radius 3 is 2.68 bits per heavy atom. The van der Waals surface area contributed by atoms with Crippen molar-refractivity contribution in [2.45, 2.75) is 25.6 Å². The van der Waals surface area contributed by atoms with E-state index in [2.05, 4.69) is 41.5 Å². The molecule has 1 amide bonds. The Morgan fingerprint density at radius 2 is 1.89 bits per heavy atom. The Hall–Kier alpha value is -2.21. The second-order valence-corrected chi connectivity index (χ2v) is 7.37. The van der Waals surface area contributed by atoms with Crippen molar-refractivity contribution in [1.82, 2.24) is 10.2 Å². The van der Waals surface area contributed by atoms with E-state index >= 15 is 0 Å². The minimum absolute atomic E-state index is 0.0470. The zero-order chi connectivity index (χ0) is 19.8. The number of ether oxygens (including phenoxy) is 1. The second kappa shape index (κ2) is 10.4. The smallest absolute Gasteiger partial charge is 0.228 e. The monoisotopic (exact) mass is 381 g/mol. The highest BCUT2D eigenvalue weighted by atomic mass is 16.5. The average Bonchev–Trinajstić information content (AvgIpc) is 2.90. The molecular weight excluding hydrogens is 350 g/mol. The van der Waals surface area contributed by atoms with Gasteiger partial charge in [0.1, 0.15) is 0 Å². The summed E-state index contributed by atoms with van der Waals surface area (Å²) in [5, 5.41) is 3.20. The van der Waals surface area contributed by atoms with E-state index in [0.717, 1.165) is 43.9 Å². The van der Waals surface area contributed by atoms with Gasteiger partial charge < -0.3 is 19.9 Å². The number of rotatable bonds is 8. The maximum atomic E-state index is 12.5. The molecule has 3 rings (SSSR count). The molecular formula is C23H31N3O2. The first-order valence-electron chi connectivity index (χ1n) is 10.1. The van der Waals surface area contributed by atoms with Gasteiger partial charge in [0, 0.05) is 31.7 Å². The fraction of sp³-hybridized carbons (Fsp3) is 0.435. The SMILES string of the molecule is CNCCC(OCc1cccc(N2CCN(C)CCC2=O)c1)c1ccccc1. The van der Waals surface area contributed by atoms with Crippen LogP contribution in [0, 0.1) is 0 Å². The van der Waals surface area contributed by atoms with Crippen LogP contribution in [0.25, 0.3) is 0 Å². The van der Waals surface area contributed by atoms with E-state index in [1.807, 2.05) is 42.3 Å². The van der Waals surface area contributed by atoms with Crippen molar-refractivity contribution < 1.29 is 9.53 Å². The molecule has 1 heterocycles. The molecule has 1 N–H and O–H groups in total. The van der Waals surface area contributed by atoms with Gasteiger partial charge in [0.15, 0.2) is 0 Å². The zero-order valence-electron chi connectivity index (χ0n) is 16.9. The minimum atomic E-state index is 0.0470. The van der Waals surface area contributed by atoms with Gasteiger partial charge in [0.05, 0.1) is 12.7 Å². The molecule has 1 aliphatic heterocycles. The Balaban J connectivity index is 1.68. The van der Waals surface area contributed by atoms with Crippen molar-refractivity contribution in [2.24, 2.45) is 0 Å². The molecule has 1 fully saturated rings. The maximum absolute atomic E-state index is 12.5. The summed E-state index contributed by atoms with van der Waals surface area (Å²) in [6.45, 7) is 3.87. The summed E-state index contributed by atoms with van der Waals surface area (Å²) < 4.78 is 6.28. The van der Waals surface area contributed by atoms with E-state index in [1.165, 1.54) is 5.56 Å². The molecule has 28 heavy (non-hydrogen) atoms. The van der Waals surface area contributed by atoms with Gasteiger partial charge in [-0.25, -0.2) is 0 Å². The summed E-state index contributed by atoms with van der Waals surface area (Å²) in [7, 11) is 4.02. The van der Waals surface area contributed by atoms with Gasteiger partial charge in [0.25, 0.3) is 0 Å². The van der Waals surface area contributed by atoms with E-state index in [4.69, 9.17) is 4.74 Å². The predicted molar refractivity (Wildman–Crippen MR) is 113 cm³/mol. The van der Waals surface area contributed by atoms with Crippen molar-refractivity contribution in [3.05, 3.63) is 65.7 Å². The second-order valence-electron chi connectivity index (χ2n) is 7.37. The lowest BCUT2D eigenvalue weighted by Crippen LogP contribution is -2.32. The molecule has 0 saturated carbocycles. The molecule has 2 aromatic carbocycles. The number of carbonyl (C=O) groups excluding carboxylic acids is 1. The number of benzene rings is 2. The van der Waals surface area contributed by atoms with Crippen LogP contribution >= 0.6 is 0 Å². The van der Waals surface area contributed by atoms with Crippen molar-refractivity contribution in [2.75, 3.05) is 45.2 Å². The number of nitrogens with one attached hydrogen (secondary N) is 1. The quantitative estimate of drug-likeness (QED) is 0.763. The van der Waals surface area contributed by atoms with Gasteiger partial charge in [-0.05, 0) is 50.3 Å². The van der Waals surface area contributed by atoms with Crippen LogP contribution < -0.4 is 10.2 Å². The average molecular weight is 382 g/mol. The van der Waals surface area contributed by atoms with Gasteiger partial charge in [-0.15, -0.1) is 0 Å². The lowest BCUT2D eigenvalue weighted by atomic mass is 10.1. The van der Waals surface area contributed by atoms with Gasteiger partial charge in [-0.2, -0.15) is 0 Å². The topological polar surface area (TPSA) is 44.8 Å². The standard InChI is InChI=1S/C23H31N3O2/c1-24-13-11-22(20-8-4-3-5-9-20)28-18-19-7-6-10-21(17-19)26-16-15-25(2)14-12-23(26)27/h3-10,17,22,24H,11-16,18H2,1-2H3. The van der Waals surface area contributed by atoms with Gasteiger partial charge in [0.2, 0.25) is 5.91 Å². The first kappa shape index (κ1) is 20.5. The molecule has 5 nitrogen and oxygen atoms in total. The third-order valence-electron chi connectivity index (χ3n) is 5.22. The molecule has 2 aromatic rings. The van der Waals surface area contributed by atoms with Crippen molar-refractivity contribution in [3.63, 3.8) is 0 Å². The molecule has 0 spiro atoms. The Kier molecular flexibility index (Phi) is 7.60. The van der Waals surface area contributed by atoms with Crippen LogP contribution in [0.15, 0.2) is 54.6 Å². The van der Waals surface area contributed by atoms with Crippen LogP contribution in [-0.4, -0.2) is 51.1 Å². The summed E-state index contributed by atoms with van der Waals surface area (Å²) in [5.74, 6) is 0.193. The number of amides is 1. The van der Waals surface area contributed by atoms with Crippen LogP contribution in [0.2, 0.25) is 0 Å². The molecule has 5 heteroatoms. The third kappa shape index (κ3) is 5.64. The molecule has 0 aromatic heterocycles. The van der Waals surface area contributed by atoms with Crippen LogP contribution in [0.5, 0.6) is 0 Å². The number of likely N-dealkylation sites (N-methyl/N-ethyl adjacent to an activating group) is 1. The molecule has 1 aliphatic rings. The number of anilines is 1. The predicted octanol–water partition coefficient (Wildman–Crippen LogP) is 3.22. The molecule has 0 bridgehead atoms. The van der Waals surface area contributed by atoms with Crippen LogP contribution in [-0.2, 0) is 16.1 Å². The molecule has 1 saturated heterocycles. The Morgan fingerprint density at radius 1 is 1.07 bits per heavy atom. The van der Waals surface area contributed by atoms with Crippen molar-refractivity contribution in [1.29, 1.82) is 0 Å². The highest BCUT2D eigenvalue weighted by molar-refractivity contribution is 5.93. The first-order valence-corrected chi connectivity index (χ1v) is 10.1. The van der Waals surface area contributed by atoms with E-state index in [0.29, 0.717) is 13.0 Å². The maximum Gasteiger partial charge on any atom is 0.228 e. The molecule has 1 atom stereocenters. The van der Waals surface area contributed by atoms with Gasteiger partial charge >= 0.3 is 0 Å². The summed E-state index contributed by atoms with van der Waals surface area (Å²) >= 11 is 0. The van der Waals surface area contributed by atoms with Crippen molar-refractivity contribution in [3.8, 4) is 0 Å². The Labute approximate surface area is 168 Å². The zero-order valence-corrected chi connectivity index (χ0v) is 16.9. The van der Waals surface area contributed by atoms with Crippen LogP contribution in [0.1, 0.15) is 30.1 Å². The van der Waals surface area contributed by atoms with E-state index in [-0.39, 0.29) is 12.0 Å². The van der Waals surface area contributed by atoms with Crippen molar-refractivity contribution >= 4 is 11.6 Å². The van der Waals surface area contributed by atoms with Crippen LogP contribution in [0.4, 0.5) is 5.69 Å². The highest BCUT2D eigenvalue weighted by Crippen LogP contribution is 2.24. The third-order valence-corrected chi connectivity index (χ3v) is 5.22. The summed E-state index contributed by atoms with van der Waals surface area (Å²) in [6, 6.07) is 18.5. The van der Waals surface area contributed by atoms with E-state index in [1.54, 1.807) is 0 Å². The Bertz CT molecular complexity index is 751. The summed E-state index contributed by atoms with van der Waals surface area (Å²) in [6.07, 6.45) is 1.53. The molecule has 0 aliphatic carbocycles. The summed E-state index contributed by atoms with van der Waals surface area (Å²) in [5.41, 5.74) is 3.25. The molecule has 150 valence electrons. The molecule has 1 unspecified atom stereocenters.